The largest absolute Gasteiger partial charge is 0.496 e. The Morgan fingerprint density at radius 2 is 1.96 bits per heavy atom. The number of hydrogen-bond acceptors (Lipinski definition) is 8. The molecule has 3 aromatic rings. The zero-order chi connectivity index (χ0) is 19.8. The summed E-state index contributed by atoms with van der Waals surface area (Å²) in [4.78, 5) is 12.0. The lowest BCUT2D eigenvalue weighted by Gasteiger charge is -2.05. The molecule has 3 rings (SSSR count). The van der Waals surface area contributed by atoms with Gasteiger partial charge >= 0.3 is 0 Å². The molecule has 0 aliphatic carbocycles. The van der Waals surface area contributed by atoms with Crippen molar-refractivity contribution in [1.82, 2.24) is 14.9 Å². The van der Waals surface area contributed by atoms with Gasteiger partial charge in [0.25, 0.3) is 5.95 Å². The molecule has 0 saturated heterocycles. The Hall–Kier alpha value is -3.53. The SMILES string of the molecule is COc1ccccc1/C=N/Nc1nnc(SCC(=O)Nc2ccccc2)n1N. The van der Waals surface area contributed by atoms with Crippen molar-refractivity contribution in [3.8, 4) is 5.75 Å². The second-order valence-electron chi connectivity index (χ2n) is 5.49. The molecule has 0 atom stereocenters. The van der Waals surface area contributed by atoms with Crippen LogP contribution in [0.5, 0.6) is 5.75 Å². The smallest absolute Gasteiger partial charge is 0.264 e. The van der Waals surface area contributed by atoms with E-state index in [0.717, 1.165) is 11.3 Å². The van der Waals surface area contributed by atoms with Crippen molar-refractivity contribution in [1.29, 1.82) is 0 Å². The number of nitrogens with zero attached hydrogens (tertiary/aromatic N) is 4. The Morgan fingerprint density at radius 3 is 2.75 bits per heavy atom. The summed E-state index contributed by atoms with van der Waals surface area (Å²) in [7, 11) is 1.59. The summed E-state index contributed by atoms with van der Waals surface area (Å²) in [6.45, 7) is 0. The van der Waals surface area contributed by atoms with Gasteiger partial charge < -0.3 is 15.9 Å². The number of nitrogen functional groups attached to an aromatic ring is 1. The van der Waals surface area contributed by atoms with E-state index in [1.54, 1.807) is 13.3 Å². The maximum Gasteiger partial charge on any atom is 0.264 e. The molecule has 0 radical (unpaired) electrons. The summed E-state index contributed by atoms with van der Waals surface area (Å²) in [5, 5.41) is 15.2. The van der Waals surface area contributed by atoms with Crippen LogP contribution in [-0.2, 0) is 4.79 Å². The standard InChI is InChI=1S/C18H19N7O2S/c1-27-15-10-6-5-7-13(15)11-20-22-17-23-24-18(25(17)19)28-12-16(26)21-14-8-3-2-4-9-14/h2-11H,12,19H2,1H3,(H,21,26)(H,22,23)/b20-11+. The molecule has 10 heteroatoms. The average molecular weight is 397 g/mol. The van der Waals surface area contributed by atoms with Crippen molar-refractivity contribution in [3.63, 3.8) is 0 Å². The van der Waals surface area contributed by atoms with Crippen molar-refractivity contribution in [3.05, 3.63) is 60.2 Å². The van der Waals surface area contributed by atoms with Gasteiger partial charge in [-0.2, -0.15) is 5.10 Å². The number of benzene rings is 2. The van der Waals surface area contributed by atoms with Crippen molar-refractivity contribution >= 4 is 35.5 Å². The number of nitrogens with two attached hydrogens (primary N) is 1. The molecular weight excluding hydrogens is 378 g/mol. The molecule has 0 unspecified atom stereocenters. The summed E-state index contributed by atoms with van der Waals surface area (Å²) < 4.78 is 6.49. The first-order chi connectivity index (χ1) is 13.7. The minimum atomic E-state index is -0.164. The molecule has 144 valence electrons. The zero-order valence-electron chi connectivity index (χ0n) is 15.1. The van der Waals surface area contributed by atoms with Gasteiger partial charge in [0.2, 0.25) is 11.1 Å². The second-order valence-corrected chi connectivity index (χ2v) is 6.43. The monoisotopic (exact) mass is 397 g/mol. The topological polar surface area (TPSA) is 119 Å². The predicted octanol–water partition coefficient (Wildman–Crippen LogP) is 2.18. The van der Waals surface area contributed by atoms with Gasteiger partial charge in [0.15, 0.2) is 0 Å². The third kappa shape index (κ3) is 5.01. The van der Waals surface area contributed by atoms with Crippen LogP contribution in [-0.4, -0.2) is 39.9 Å². The highest BCUT2D eigenvalue weighted by atomic mass is 32.2. The molecule has 1 aromatic heterocycles. The molecule has 9 nitrogen and oxygen atoms in total. The highest BCUT2D eigenvalue weighted by molar-refractivity contribution is 7.99. The molecule has 0 fully saturated rings. The number of ether oxygens (including phenoxy) is 1. The Labute approximate surface area is 166 Å². The third-order valence-electron chi connectivity index (χ3n) is 3.56. The van der Waals surface area contributed by atoms with Crippen molar-refractivity contribution in [2.45, 2.75) is 5.16 Å². The molecule has 1 amide bonds. The van der Waals surface area contributed by atoms with Gasteiger partial charge in [-0.15, -0.1) is 10.2 Å². The normalized spacial score (nSPS) is 10.8. The van der Waals surface area contributed by atoms with E-state index in [1.165, 1.54) is 16.4 Å². The van der Waals surface area contributed by atoms with Crippen LogP contribution in [0.3, 0.4) is 0 Å². The number of para-hydroxylation sites is 2. The van der Waals surface area contributed by atoms with E-state index < -0.39 is 0 Å². The Bertz CT molecular complexity index is 960. The van der Waals surface area contributed by atoms with E-state index in [9.17, 15) is 4.79 Å². The van der Waals surface area contributed by atoms with E-state index in [2.05, 4.69) is 26.0 Å². The lowest BCUT2D eigenvalue weighted by atomic mass is 10.2. The van der Waals surface area contributed by atoms with E-state index in [1.807, 2.05) is 54.6 Å². The number of carbonyl (C=O) groups excluding carboxylic acids is 1. The number of amides is 1. The predicted molar refractivity (Wildman–Crippen MR) is 110 cm³/mol. The maximum atomic E-state index is 12.0. The quantitative estimate of drug-likeness (QED) is 0.231. The van der Waals surface area contributed by atoms with Crippen molar-refractivity contribution in [2.24, 2.45) is 5.10 Å². The van der Waals surface area contributed by atoms with Crippen LogP contribution in [0, 0.1) is 0 Å². The molecular formula is C18H19N7O2S. The summed E-state index contributed by atoms with van der Waals surface area (Å²) in [5.74, 6) is 6.88. The first kappa shape index (κ1) is 19.2. The number of anilines is 2. The Balaban J connectivity index is 1.55. The number of hydrogen-bond donors (Lipinski definition) is 3. The number of nitrogens with one attached hydrogen (secondary N) is 2. The number of rotatable bonds is 8. The van der Waals surface area contributed by atoms with Crippen molar-refractivity contribution < 1.29 is 9.53 Å². The third-order valence-corrected chi connectivity index (χ3v) is 4.50. The van der Waals surface area contributed by atoms with Gasteiger partial charge in [0.1, 0.15) is 5.75 Å². The fraction of sp³-hybridized carbons (Fsp3) is 0.111. The fourth-order valence-corrected chi connectivity index (χ4v) is 2.89. The van der Waals surface area contributed by atoms with Crippen LogP contribution in [0.1, 0.15) is 5.56 Å². The Kier molecular flexibility index (Phi) is 6.47. The van der Waals surface area contributed by atoms with Crippen molar-refractivity contribution in [2.75, 3.05) is 29.4 Å². The lowest BCUT2D eigenvalue weighted by molar-refractivity contribution is -0.113. The van der Waals surface area contributed by atoms with Crippen LogP contribution < -0.4 is 21.3 Å². The molecule has 28 heavy (non-hydrogen) atoms. The minimum absolute atomic E-state index is 0.148. The van der Waals surface area contributed by atoms with Gasteiger partial charge in [-0.3, -0.25) is 4.79 Å². The van der Waals surface area contributed by atoms with Gasteiger partial charge in [0.05, 0.1) is 19.1 Å². The highest BCUT2D eigenvalue weighted by Crippen LogP contribution is 2.18. The van der Waals surface area contributed by atoms with E-state index in [0.29, 0.717) is 10.9 Å². The van der Waals surface area contributed by atoms with Gasteiger partial charge in [0, 0.05) is 11.3 Å². The Morgan fingerprint density at radius 1 is 1.21 bits per heavy atom. The van der Waals surface area contributed by atoms with E-state index >= 15 is 0 Å². The first-order valence-electron chi connectivity index (χ1n) is 8.27. The molecule has 0 spiro atoms. The van der Waals surface area contributed by atoms with E-state index in [4.69, 9.17) is 10.6 Å². The minimum Gasteiger partial charge on any atom is -0.496 e. The van der Waals surface area contributed by atoms with Crippen LogP contribution >= 0.6 is 11.8 Å². The molecule has 0 saturated carbocycles. The van der Waals surface area contributed by atoms with Crippen LogP contribution in [0.2, 0.25) is 0 Å². The van der Waals surface area contributed by atoms with E-state index in [-0.39, 0.29) is 17.6 Å². The highest BCUT2D eigenvalue weighted by Gasteiger charge is 2.12. The first-order valence-corrected chi connectivity index (χ1v) is 9.26. The molecule has 4 N–H and O–H groups in total. The number of hydrazone groups is 1. The number of methoxy groups -OCH3 is 1. The van der Waals surface area contributed by atoms with Gasteiger partial charge in [-0.05, 0) is 24.3 Å². The second kappa shape index (κ2) is 9.42. The molecule has 0 aliphatic rings. The summed E-state index contributed by atoms with van der Waals surface area (Å²) in [6.07, 6.45) is 1.59. The van der Waals surface area contributed by atoms with Gasteiger partial charge in [-0.25, -0.2) is 10.1 Å². The lowest BCUT2D eigenvalue weighted by Crippen LogP contribution is -2.16. The number of carbonyl (C=O) groups is 1. The van der Waals surface area contributed by atoms with Crippen LogP contribution in [0.4, 0.5) is 11.6 Å². The molecule has 1 heterocycles. The maximum absolute atomic E-state index is 12.0. The zero-order valence-corrected chi connectivity index (χ0v) is 15.9. The average Bonchev–Trinajstić information content (AvgIpc) is 3.07. The number of aromatic nitrogens is 3. The molecule has 2 aromatic carbocycles. The van der Waals surface area contributed by atoms with Crippen LogP contribution in [0.25, 0.3) is 0 Å². The van der Waals surface area contributed by atoms with Gasteiger partial charge in [-0.1, -0.05) is 42.1 Å². The summed E-state index contributed by atoms with van der Waals surface area (Å²) in [6, 6.07) is 16.7. The molecule has 0 aliphatic heterocycles. The summed E-state index contributed by atoms with van der Waals surface area (Å²) >= 11 is 1.17. The summed E-state index contributed by atoms with van der Waals surface area (Å²) in [5.41, 5.74) is 4.26. The number of thioether (sulfide) groups is 1. The fourth-order valence-electron chi connectivity index (χ4n) is 2.23. The molecule has 0 bridgehead atoms. The van der Waals surface area contributed by atoms with Crippen LogP contribution in [0.15, 0.2) is 64.9 Å².